The standard InChI is InChI=1S/C29H55NO6/c1-5-6-7-8-9-10-11-12-13-14-15-16-17-18-19-20-30(21-24(2)27(31)32,22-25(3)28(33)34)23-26(4)29(35)36/h24-26H,5-23H2,1-4H3,(H2-,31,32,33,34,35,36)/p+1. The molecule has 0 aliphatic carbocycles. The lowest BCUT2D eigenvalue weighted by Gasteiger charge is -2.42. The summed E-state index contributed by atoms with van der Waals surface area (Å²) in [7, 11) is 0. The van der Waals surface area contributed by atoms with Gasteiger partial charge in [-0.25, -0.2) is 0 Å². The van der Waals surface area contributed by atoms with Crippen molar-refractivity contribution in [3.05, 3.63) is 0 Å². The minimum Gasteiger partial charge on any atom is -0.481 e. The van der Waals surface area contributed by atoms with E-state index in [1.54, 1.807) is 20.8 Å². The molecular formula is C29H56NO6+. The molecule has 0 bridgehead atoms. The molecule has 36 heavy (non-hydrogen) atoms. The third kappa shape index (κ3) is 16.9. The lowest BCUT2D eigenvalue weighted by molar-refractivity contribution is -0.934. The second kappa shape index (κ2) is 20.4. The van der Waals surface area contributed by atoms with E-state index >= 15 is 0 Å². The summed E-state index contributed by atoms with van der Waals surface area (Å²) >= 11 is 0. The molecule has 0 aromatic rings. The van der Waals surface area contributed by atoms with Crippen LogP contribution in [0, 0.1) is 17.8 Å². The van der Waals surface area contributed by atoms with E-state index < -0.39 is 35.7 Å². The number of carboxylic acid groups (broad SMARTS) is 3. The number of hydrogen-bond acceptors (Lipinski definition) is 3. The molecule has 212 valence electrons. The van der Waals surface area contributed by atoms with Crippen LogP contribution in [0.15, 0.2) is 0 Å². The molecule has 0 spiro atoms. The monoisotopic (exact) mass is 514 g/mol. The van der Waals surface area contributed by atoms with Gasteiger partial charge in [0.25, 0.3) is 0 Å². The average Bonchev–Trinajstić information content (AvgIpc) is 2.81. The largest absolute Gasteiger partial charge is 0.481 e. The van der Waals surface area contributed by atoms with Gasteiger partial charge >= 0.3 is 17.9 Å². The predicted molar refractivity (Wildman–Crippen MR) is 145 cm³/mol. The minimum atomic E-state index is -0.931. The highest BCUT2D eigenvalue weighted by Gasteiger charge is 2.38. The summed E-state index contributed by atoms with van der Waals surface area (Å²) in [5.74, 6) is -4.78. The topological polar surface area (TPSA) is 112 Å². The van der Waals surface area contributed by atoms with E-state index in [0.29, 0.717) is 6.54 Å². The zero-order valence-corrected chi connectivity index (χ0v) is 23.7. The highest BCUT2D eigenvalue weighted by Crippen LogP contribution is 2.22. The van der Waals surface area contributed by atoms with Gasteiger partial charge in [-0.05, 0) is 33.6 Å². The van der Waals surface area contributed by atoms with Crippen LogP contribution in [0.1, 0.15) is 124 Å². The van der Waals surface area contributed by atoms with E-state index in [4.69, 9.17) is 0 Å². The molecule has 0 aromatic carbocycles. The zero-order chi connectivity index (χ0) is 27.4. The van der Waals surface area contributed by atoms with Gasteiger partial charge in [-0.3, -0.25) is 14.4 Å². The maximum atomic E-state index is 11.6. The minimum absolute atomic E-state index is 0.229. The van der Waals surface area contributed by atoms with Crippen LogP contribution in [0.4, 0.5) is 0 Å². The van der Waals surface area contributed by atoms with Gasteiger partial charge in [-0.1, -0.05) is 90.4 Å². The molecule has 3 N–H and O–H groups in total. The first-order valence-corrected chi connectivity index (χ1v) is 14.6. The Kier molecular flexibility index (Phi) is 19.5. The fourth-order valence-corrected chi connectivity index (χ4v) is 5.29. The van der Waals surface area contributed by atoms with Crippen LogP contribution < -0.4 is 0 Å². The Bertz CT molecular complexity index is 554. The van der Waals surface area contributed by atoms with Gasteiger partial charge in [0, 0.05) is 0 Å². The SMILES string of the molecule is CCCCCCCCCCCCCCCCC[N+](CC(C)C(=O)O)(CC(C)C(=O)O)CC(C)C(=O)O. The molecule has 3 unspecified atom stereocenters. The zero-order valence-electron chi connectivity index (χ0n) is 23.7. The summed E-state index contributed by atoms with van der Waals surface area (Å²) in [5.41, 5.74) is 0. The van der Waals surface area contributed by atoms with Crippen molar-refractivity contribution in [1.29, 1.82) is 0 Å². The van der Waals surface area contributed by atoms with Crippen molar-refractivity contribution in [2.75, 3.05) is 26.2 Å². The molecule has 0 saturated carbocycles. The van der Waals surface area contributed by atoms with Crippen LogP contribution in [0.25, 0.3) is 0 Å². The van der Waals surface area contributed by atoms with Crippen molar-refractivity contribution in [1.82, 2.24) is 0 Å². The van der Waals surface area contributed by atoms with E-state index in [-0.39, 0.29) is 24.1 Å². The van der Waals surface area contributed by atoms with E-state index in [0.717, 1.165) is 19.3 Å². The van der Waals surface area contributed by atoms with E-state index in [9.17, 15) is 29.7 Å². The van der Waals surface area contributed by atoms with Crippen LogP contribution in [0.2, 0.25) is 0 Å². The molecule has 0 fully saturated rings. The molecule has 7 nitrogen and oxygen atoms in total. The van der Waals surface area contributed by atoms with Crippen LogP contribution in [-0.2, 0) is 14.4 Å². The third-order valence-electron chi connectivity index (χ3n) is 7.48. The van der Waals surface area contributed by atoms with Crippen LogP contribution >= 0.6 is 0 Å². The maximum absolute atomic E-state index is 11.6. The molecule has 0 amide bonds. The number of hydrogen-bond donors (Lipinski definition) is 3. The fourth-order valence-electron chi connectivity index (χ4n) is 5.29. The number of carboxylic acids is 3. The highest BCUT2D eigenvalue weighted by molar-refractivity contribution is 5.70. The Hall–Kier alpha value is -1.63. The molecular weight excluding hydrogens is 458 g/mol. The fraction of sp³-hybridized carbons (Fsp3) is 0.897. The quantitative estimate of drug-likeness (QED) is 0.0908. The van der Waals surface area contributed by atoms with Crippen LogP contribution in [0.3, 0.4) is 0 Å². The molecule has 0 rings (SSSR count). The lowest BCUT2D eigenvalue weighted by atomic mass is 10.00. The maximum Gasteiger partial charge on any atom is 0.311 e. The number of unbranched alkanes of at least 4 members (excludes halogenated alkanes) is 14. The van der Waals surface area contributed by atoms with Gasteiger partial charge in [-0.15, -0.1) is 0 Å². The van der Waals surface area contributed by atoms with Crippen molar-refractivity contribution in [3.8, 4) is 0 Å². The summed E-state index contributed by atoms with van der Waals surface area (Å²) < 4.78 is 0.229. The Morgan fingerprint density at radius 1 is 0.500 bits per heavy atom. The van der Waals surface area contributed by atoms with Crippen molar-refractivity contribution in [3.63, 3.8) is 0 Å². The first-order valence-electron chi connectivity index (χ1n) is 14.6. The van der Waals surface area contributed by atoms with Gasteiger partial charge in [-0.2, -0.15) is 0 Å². The number of quaternary nitrogens is 1. The Balaban J connectivity index is 4.52. The second-order valence-electron chi connectivity index (χ2n) is 11.3. The van der Waals surface area contributed by atoms with Gasteiger partial charge < -0.3 is 19.8 Å². The van der Waals surface area contributed by atoms with Crippen LogP contribution in [-0.4, -0.2) is 63.9 Å². The summed E-state index contributed by atoms with van der Waals surface area (Å²) in [5, 5.41) is 28.5. The summed E-state index contributed by atoms with van der Waals surface area (Å²) in [6.45, 7) is 8.50. The summed E-state index contributed by atoms with van der Waals surface area (Å²) in [6.07, 6.45) is 18.8. The van der Waals surface area contributed by atoms with Crippen LogP contribution in [0.5, 0.6) is 0 Å². The number of carbonyl (C=O) groups is 3. The summed E-state index contributed by atoms with van der Waals surface area (Å²) in [6, 6.07) is 0. The molecule has 3 atom stereocenters. The smallest absolute Gasteiger partial charge is 0.311 e. The van der Waals surface area contributed by atoms with Crippen molar-refractivity contribution in [2.45, 2.75) is 124 Å². The molecule has 0 heterocycles. The molecule has 0 saturated heterocycles. The molecule has 0 aliphatic heterocycles. The Morgan fingerprint density at radius 3 is 1.00 bits per heavy atom. The van der Waals surface area contributed by atoms with Crippen molar-refractivity contribution in [2.24, 2.45) is 17.8 Å². The lowest BCUT2D eigenvalue weighted by Crippen LogP contribution is -2.57. The highest BCUT2D eigenvalue weighted by atomic mass is 16.4. The summed E-state index contributed by atoms with van der Waals surface area (Å²) in [4.78, 5) is 34.8. The van der Waals surface area contributed by atoms with Gasteiger partial charge in [0.2, 0.25) is 0 Å². The van der Waals surface area contributed by atoms with Gasteiger partial charge in [0.1, 0.15) is 17.8 Å². The van der Waals surface area contributed by atoms with Crippen molar-refractivity contribution >= 4 is 17.9 Å². The first-order chi connectivity index (χ1) is 17.0. The molecule has 0 aromatic heterocycles. The van der Waals surface area contributed by atoms with Crippen molar-refractivity contribution < 1.29 is 34.2 Å². The molecule has 0 radical (unpaired) electrons. The number of aliphatic carboxylic acids is 3. The van der Waals surface area contributed by atoms with Gasteiger partial charge in [0.05, 0.1) is 26.2 Å². The Morgan fingerprint density at radius 2 is 0.750 bits per heavy atom. The molecule has 7 heteroatoms. The number of rotatable bonds is 25. The first kappa shape index (κ1) is 34.4. The van der Waals surface area contributed by atoms with E-state index in [2.05, 4.69) is 6.92 Å². The molecule has 0 aliphatic rings. The normalized spacial score (nSPS) is 15.7. The average molecular weight is 515 g/mol. The predicted octanol–water partition coefficient (Wildman–Crippen LogP) is 6.84. The van der Waals surface area contributed by atoms with E-state index in [1.807, 2.05) is 0 Å². The second-order valence-corrected chi connectivity index (χ2v) is 11.3. The Labute approximate surface area is 220 Å². The van der Waals surface area contributed by atoms with Gasteiger partial charge in [0.15, 0.2) is 0 Å². The third-order valence-corrected chi connectivity index (χ3v) is 7.48. The number of nitrogens with zero attached hydrogens (tertiary/aromatic N) is 1. The van der Waals surface area contributed by atoms with E-state index in [1.165, 1.54) is 77.0 Å².